The van der Waals surface area contributed by atoms with Gasteiger partial charge in [0.25, 0.3) is 5.91 Å². The molecule has 1 fully saturated rings. The third-order valence-corrected chi connectivity index (χ3v) is 4.47. The van der Waals surface area contributed by atoms with Gasteiger partial charge < -0.3 is 9.64 Å². The third kappa shape index (κ3) is 3.90. The first-order valence-electron chi connectivity index (χ1n) is 7.19. The number of halogens is 5. The van der Waals surface area contributed by atoms with Crippen molar-refractivity contribution in [3.05, 3.63) is 57.2 Å². The Balaban J connectivity index is 1.66. The predicted octanol–water partition coefficient (Wildman–Crippen LogP) is 4.42. The highest BCUT2D eigenvalue weighted by Gasteiger charge is 2.38. The van der Waals surface area contributed by atoms with Gasteiger partial charge >= 0.3 is 6.18 Å². The van der Waals surface area contributed by atoms with Crippen LogP contribution >= 0.6 is 27.5 Å². The number of pyridine rings is 1. The molecule has 9 heteroatoms. The number of benzene rings is 1. The van der Waals surface area contributed by atoms with E-state index >= 15 is 0 Å². The van der Waals surface area contributed by atoms with E-state index in [-0.39, 0.29) is 19.0 Å². The van der Waals surface area contributed by atoms with Crippen molar-refractivity contribution >= 4 is 33.4 Å². The molecule has 132 valence electrons. The molecule has 0 unspecified atom stereocenters. The fraction of sp³-hybridized carbons (Fsp3) is 0.250. The molecule has 1 aromatic heterocycles. The second-order valence-electron chi connectivity index (χ2n) is 5.43. The van der Waals surface area contributed by atoms with Crippen molar-refractivity contribution in [1.82, 2.24) is 9.88 Å². The highest BCUT2D eigenvalue weighted by atomic mass is 79.9. The summed E-state index contributed by atoms with van der Waals surface area (Å²) in [6.07, 6.45) is -3.87. The molecule has 0 spiro atoms. The van der Waals surface area contributed by atoms with Crippen molar-refractivity contribution in [2.45, 2.75) is 12.3 Å². The first-order valence-corrected chi connectivity index (χ1v) is 8.36. The lowest BCUT2D eigenvalue weighted by molar-refractivity contribution is -0.140. The van der Waals surface area contributed by atoms with Gasteiger partial charge in [0.15, 0.2) is 0 Å². The zero-order valence-corrected chi connectivity index (χ0v) is 14.9. The monoisotopic (exact) mass is 434 g/mol. The van der Waals surface area contributed by atoms with Crippen molar-refractivity contribution in [1.29, 1.82) is 0 Å². The minimum atomic E-state index is -4.55. The lowest BCUT2D eigenvalue weighted by Gasteiger charge is -2.39. The van der Waals surface area contributed by atoms with E-state index in [4.69, 9.17) is 16.3 Å². The van der Waals surface area contributed by atoms with Gasteiger partial charge in [-0.1, -0.05) is 27.5 Å². The van der Waals surface area contributed by atoms with Crippen molar-refractivity contribution in [2.24, 2.45) is 0 Å². The third-order valence-electron chi connectivity index (χ3n) is 3.65. The largest absolute Gasteiger partial charge is 0.470 e. The molecule has 2 aromatic rings. The van der Waals surface area contributed by atoms with E-state index < -0.39 is 23.7 Å². The van der Waals surface area contributed by atoms with E-state index in [9.17, 15) is 18.0 Å². The molecule has 0 N–H and O–H groups in total. The van der Waals surface area contributed by atoms with Crippen LogP contribution < -0.4 is 4.74 Å². The van der Waals surface area contributed by atoms with E-state index in [1.165, 1.54) is 17.2 Å². The molecule has 0 atom stereocenters. The van der Waals surface area contributed by atoms with Crippen LogP contribution in [-0.2, 0) is 6.18 Å². The molecule has 3 rings (SSSR count). The lowest BCUT2D eigenvalue weighted by atomic mass is 10.1. The van der Waals surface area contributed by atoms with Gasteiger partial charge in [-0.3, -0.25) is 4.79 Å². The Morgan fingerprint density at radius 2 is 2.04 bits per heavy atom. The van der Waals surface area contributed by atoms with Gasteiger partial charge in [0.2, 0.25) is 5.88 Å². The molecule has 0 bridgehead atoms. The van der Waals surface area contributed by atoms with Gasteiger partial charge in [0.05, 0.1) is 23.7 Å². The van der Waals surface area contributed by atoms with Crippen LogP contribution in [0.15, 0.2) is 41.0 Å². The molecule has 1 amide bonds. The van der Waals surface area contributed by atoms with Crippen LogP contribution in [0.5, 0.6) is 5.88 Å². The molecule has 1 aliphatic heterocycles. The number of likely N-dealkylation sites (tertiary alicyclic amines) is 1. The zero-order valence-electron chi connectivity index (χ0n) is 12.6. The Labute approximate surface area is 154 Å². The molecule has 1 saturated heterocycles. The van der Waals surface area contributed by atoms with Crippen LogP contribution in [0.2, 0.25) is 5.02 Å². The number of ether oxygens (including phenoxy) is 1. The van der Waals surface area contributed by atoms with Crippen molar-refractivity contribution in [2.75, 3.05) is 13.1 Å². The molecule has 1 aromatic carbocycles. The van der Waals surface area contributed by atoms with Gasteiger partial charge in [-0.2, -0.15) is 13.2 Å². The van der Waals surface area contributed by atoms with E-state index in [0.29, 0.717) is 15.1 Å². The summed E-state index contributed by atoms with van der Waals surface area (Å²) < 4.78 is 44.8. The Bertz CT molecular complexity index is 810. The number of rotatable bonds is 3. The number of carbonyl (C=O) groups is 1. The normalized spacial score (nSPS) is 15.0. The van der Waals surface area contributed by atoms with Gasteiger partial charge in [0.1, 0.15) is 11.7 Å². The number of carbonyl (C=O) groups excluding carboxylic acids is 1. The predicted molar refractivity (Wildman–Crippen MR) is 88.7 cm³/mol. The van der Waals surface area contributed by atoms with Crippen molar-refractivity contribution < 1.29 is 22.7 Å². The van der Waals surface area contributed by atoms with Crippen LogP contribution in [0.1, 0.15) is 15.9 Å². The molecule has 2 heterocycles. The summed E-state index contributed by atoms with van der Waals surface area (Å²) >= 11 is 9.29. The molecular formula is C16H11BrClF3N2O2. The highest BCUT2D eigenvalue weighted by Crippen LogP contribution is 2.35. The van der Waals surface area contributed by atoms with E-state index in [1.807, 2.05) is 0 Å². The maximum absolute atomic E-state index is 12.9. The second-order valence-corrected chi connectivity index (χ2v) is 6.75. The summed E-state index contributed by atoms with van der Waals surface area (Å²) in [5.41, 5.74) is -0.613. The summed E-state index contributed by atoms with van der Waals surface area (Å²) in [6.45, 7) is 0.324. The van der Waals surface area contributed by atoms with E-state index in [1.54, 1.807) is 18.2 Å². The second kappa shape index (κ2) is 6.84. The Morgan fingerprint density at radius 1 is 1.32 bits per heavy atom. The van der Waals surface area contributed by atoms with Crippen molar-refractivity contribution in [3.63, 3.8) is 0 Å². The summed E-state index contributed by atoms with van der Waals surface area (Å²) in [5, 5.41) is 0.307. The SMILES string of the molecule is O=C(c1cc(Br)ccc1Cl)N1CC(Oc2ncccc2C(F)(F)F)C1. The standard InChI is InChI=1S/C16H11BrClF3N2O2/c17-9-3-4-13(18)11(6-9)15(24)23-7-10(8-23)25-14-12(16(19,20)21)2-1-5-22-14/h1-6,10H,7-8H2. The Morgan fingerprint density at radius 3 is 2.72 bits per heavy atom. The van der Waals surface area contributed by atoms with Gasteiger partial charge in [0, 0.05) is 10.7 Å². The smallest absolute Gasteiger partial charge is 0.421 e. The minimum absolute atomic E-state index is 0.162. The first-order chi connectivity index (χ1) is 11.8. The number of hydrogen-bond donors (Lipinski definition) is 0. The highest BCUT2D eigenvalue weighted by molar-refractivity contribution is 9.10. The maximum atomic E-state index is 12.9. The summed E-state index contributed by atoms with van der Waals surface area (Å²) in [6, 6.07) is 7.00. The lowest BCUT2D eigenvalue weighted by Crippen LogP contribution is -2.56. The number of amides is 1. The fourth-order valence-electron chi connectivity index (χ4n) is 2.37. The van der Waals surface area contributed by atoms with Gasteiger partial charge in [-0.05, 0) is 30.3 Å². The van der Waals surface area contributed by atoms with Crippen LogP contribution in [0.3, 0.4) is 0 Å². The average Bonchev–Trinajstić information content (AvgIpc) is 2.51. The molecule has 4 nitrogen and oxygen atoms in total. The van der Waals surface area contributed by atoms with E-state index in [0.717, 1.165) is 6.07 Å². The molecule has 1 aliphatic rings. The van der Waals surface area contributed by atoms with E-state index in [2.05, 4.69) is 20.9 Å². The van der Waals surface area contributed by atoms with Gasteiger partial charge in [-0.25, -0.2) is 4.98 Å². The van der Waals surface area contributed by atoms with Crippen LogP contribution in [0.4, 0.5) is 13.2 Å². The molecule has 0 aliphatic carbocycles. The molecule has 0 radical (unpaired) electrons. The fourth-order valence-corrected chi connectivity index (χ4v) is 2.93. The Kier molecular flexibility index (Phi) is 4.92. The minimum Gasteiger partial charge on any atom is -0.470 e. The average molecular weight is 436 g/mol. The quantitative estimate of drug-likeness (QED) is 0.717. The maximum Gasteiger partial charge on any atom is 0.421 e. The van der Waals surface area contributed by atoms with Crippen LogP contribution in [-0.4, -0.2) is 35.0 Å². The van der Waals surface area contributed by atoms with Gasteiger partial charge in [-0.15, -0.1) is 0 Å². The van der Waals surface area contributed by atoms with Crippen molar-refractivity contribution in [3.8, 4) is 5.88 Å². The summed E-state index contributed by atoms with van der Waals surface area (Å²) in [7, 11) is 0. The molecule has 0 saturated carbocycles. The molecular weight excluding hydrogens is 425 g/mol. The number of nitrogens with zero attached hydrogens (tertiary/aromatic N) is 2. The van der Waals surface area contributed by atoms with Crippen LogP contribution in [0.25, 0.3) is 0 Å². The number of aromatic nitrogens is 1. The number of hydrogen-bond acceptors (Lipinski definition) is 3. The van der Waals surface area contributed by atoms with Crippen LogP contribution in [0, 0.1) is 0 Å². The topological polar surface area (TPSA) is 42.4 Å². The number of alkyl halides is 3. The first kappa shape index (κ1) is 18.0. The molecule has 25 heavy (non-hydrogen) atoms. The summed E-state index contributed by atoms with van der Waals surface area (Å²) in [5.74, 6) is -0.782. The zero-order chi connectivity index (χ0) is 18.2. The Hall–Kier alpha value is -1.80. The summed E-state index contributed by atoms with van der Waals surface area (Å²) in [4.78, 5) is 17.5.